The Morgan fingerprint density at radius 3 is 2.53 bits per heavy atom. The smallest absolute Gasteiger partial charge is 0.319 e. The molecule has 0 spiro atoms. The zero-order valence-corrected chi connectivity index (χ0v) is 10.1. The van der Waals surface area contributed by atoms with Crippen molar-refractivity contribution in [2.24, 2.45) is 0 Å². The van der Waals surface area contributed by atoms with E-state index in [1.54, 1.807) is 31.2 Å². The molecule has 1 atom stereocenters. The number of hydrogen-bond donors (Lipinski definition) is 2. The summed E-state index contributed by atoms with van der Waals surface area (Å²) in [7, 11) is 1.52. The Hall–Kier alpha value is -2.04. The van der Waals surface area contributed by atoms with Crippen LogP contribution in [0.1, 0.15) is 13.8 Å². The van der Waals surface area contributed by atoms with E-state index in [0.717, 1.165) is 0 Å². The maximum Gasteiger partial charge on any atom is 0.319 e. The summed E-state index contributed by atoms with van der Waals surface area (Å²) in [6.45, 7) is 3.05. The number of para-hydroxylation sites is 2. The molecule has 0 radical (unpaired) electrons. The lowest BCUT2D eigenvalue weighted by atomic mass is 10.2. The Morgan fingerprint density at radius 2 is 1.94 bits per heavy atom. The number of amides is 2. The van der Waals surface area contributed by atoms with Crippen LogP contribution in [0.3, 0.4) is 0 Å². The van der Waals surface area contributed by atoms with Gasteiger partial charge in [-0.2, -0.15) is 0 Å². The molecule has 0 saturated carbocycles. The highest BCUT2D eigenvalue weighted by atomic mass is 16.5. The van der Waals surface area contributed by atoms with Gasteiger partial charge in [0, 0.05) is 0 Å². The van der Waals surface area contributed by atoms with Gasteiger partial charge < -0.3 is 15.4 Å². The van der Waals surface area contributed by atoms with Crippen LogP contribution in [0.15, 0.2) is 24.3 Å². The highest BCUT2D eigenvalue weighted by Crippen LogP contribution is 2.22. The normalized spacial score (nSPS) is 11.5. The Bertz CT molecular complexity index is 418. The van der Waals surface area contributed by atoms with Crippen LogP contribution in [0.5, 0.6) is 5.75 Å². The average molecular weight is 236 g/mol. The monoisotopic (exact) mass is 236 g/mol. The third-order valence-electron chi connectivity index (χ3n) is 2.31. The van der Waals surface area contributed by atoms with Crippen molar-refractivity contribution in [1.29, 1.82) is 0 Å². The molecule has 1 aromatic rings. The van der Waals surface area contributed by atoms with E-state index in [-0.39, 0.29) is 5.78 Å². The Morgan fingerprint density at radius 1 is 1.29 bits per heavy atom. The third kappa shape index (κ3) is 3.79. The van der Waals surface area contributed by atoms with E-state index in [4.69, 9.17) is 4.74 Å². The van der Waals surface area contributed by atoms with Crippen molar-refractivity contribution in [3.05, 3.63) is 24.3 Å². The van der Waals surface area contributed by atoms with E-state index in [9.17, 15) is 9.59 Å². The lowest BCUT2D eigenvalue weighted by Gasteiger charge is -2.13. The minimum atomic E-state index is -0.510. The van der Waals surface area contributed by atoms with Crippen molar-refractivity contribution < 1.29 is 14.3 Å². The summed E-state index contributed by atoms with van der Waals surface area (Å²) in [5, 5.41) is 5.14. The fraction of sp³-hybridized carbons (Fsp3) is 0.333. The number of Topliss-reactive ketones (excluding diaryl/α,β-unsaturated/α-hetero) is 1. The summed E-state index contributed by atoms with van der Waals surface area (Å²) in [6, 6.07) is 6.11. The number of anilines is 1. The highest BCUT2D eigenvalue weighted by molar-refractivity contribution is 5.94. The van der Waals surface area contributed by atoms with Gasteiger partial charge in [-0.25, -0.2) is 4.79 Å². The van der Waals surface area contributed by atoms with Gasteiger partial charge in [0.15, 0.2) is 5.78 Å². The number of rotatable bonds is 4. The number of carbonyl (C=O) groups is 2. The fourth-order valence-electron chi connectivity index (χ4n) is 1.20. The molecule has 2 N–H and O–H groups in total. The molecule has 0 aliphatic rings. The van der Waals surface area contributed by atoms with Crippen molar-refractivity contribution in [3.63, 3.8) is 0 Å². The Labute approximate surface area is 100 Å². The second-order valence-electron chi connectivity index (χ2n) is 3.63. The highest BCUT2D eigenvalue weighted by Gasteiger charge is 2.12. The lowest BCUT2D eigenvalue weighted by Crippen LogP contribution is -2.40. The summed E-state index contributed by atoms with van der Waals surface area (Å²) >= 11 is 0. The van der Waals surface area contributed by atoms with Crippen LogP contribution in [0, 0.1) is 0 Å². The standard InChI is InChI=1S/C12H16N2O3/c1-8(9(2)15)13-12(16)14-10-6-4-5-7-11(10)17-3/h4-8H,1-3H3,(H2,13,14,16). The number of benzene rings is 1. The number of ketones is 1. The van der Waals surface area contributed by atoms with E-state index in [1.807, 2.05) is 0 Å². The van der Waals surface area contributed by atoms with Crippen LogP contribution >= 0.6 is 0 Å². The van der Waals surface area contributed by atoms with E-state index >= 15 is 0 Å². The first-order valence-electron chi connectivity index (χ1n) is 5.25. The molecule has 0 bridgehead atoms. The number of hydrogen-bond acceptors (Lipinski definition) is 3. The van der Waals surface area contributed by atoms with Gasteiger partial charge in [0.1, 0.15) is 5.75 Å². The molecule has 17 heavy (non-hydrogen) atoms. The van der Waals surface area contributed by atoms with Gasteiger partial charge >= 0.3 is 6.03 Å². The molecule has 0 saturated heterocycles. The zero-order chi connectivity index (χ0) is 12.8. The molecule has 0 fully saturated rings. The second-order valence-corrected chi connectivity index (χ2v) is 3.63. The van der Waals surface area contributed by atoms with Crippen LogP contribution in [-0.4, -0.2) is 25.0 Å². The van der Waals surface area contributed by atoms with Crippen LogP contribution in [-0.2, 0) is 4.79 Å². The van der Waals surface area contributed by atoms with Gasteiger partial charge in [-0.15, -0.1) is 0 Å². The van der Waals surface area contributed by atoms with Crippen molar-refractivity contribution in [1.82, 2.24) is 5.32 Å². The quantitative estimate of drug-likeness (QED) is 0.837. The maximum atomic E-state index is 11.6. The van der Waals surface area contributed by atoms with Crippen LogP contribution in [0.25, 0.3) is 0 Å². The van der Waals surface area contributed by atoms with E-state index in [0.29, 0.717) is 11.4 Å². The molecule has 0 aliphatic carbocycles. The minimum absolute atomic E-state index is 0.0971. The predicted octanol–water partition coefficient (Wildman–Crippen LogP) is 1.79. The summed E-state index contributed by atoms with van der Waals surface area (Å²) in [5.74, 6) is 0.471. The van der Waals surface area contributed by atoms with E-state index < -0.39 is 12.1 Å². The molecule has 2 amide bonds. The summed E-state index contributed by atoms with van der Waals surface area (Å²) < 4.78 is 5.09. The SMILES string of the molecule is COc1ccccc1NC(=O)NC(C)C(C)=O. The van der Waals surface area contributed by atoms with Gasteiger partial charge in [0.25, 0.3) is 0 Å². The summed E-state index contributed by atoms with van der Waals surface area (Å²) in [5.41, 5.74) is 0.559. The molecule has 5 nitrogen and oxygen atoms in total. The van der Waals surface area contributed by atoms with Gasteiger partial charge in [-0.05, 0) is 26.0 Å². The fourth-order valence-corrected chi connectivity index (χ4v) is 1.20. The zero-order valence-electron chi connectivity index (χ0n) is 10.1. The molecule has 5 heteroatoms. The molecular weight excluding hydrogens is 220 g/mol. The predicted molar refractivity (Wildman–Crippen MR) is 65.3 cm³/mol. The maximum absolute atomic E-state index is 11.6. The van der Waals surface area contributed by atoms with Crippen molar-refractivity contribution in [3.8, 4) is 5.75 Å². The van der Waals surface area contributed by atoms with Gasteiger partial charge in [0.05, 0.1) is 18.8 Å². The summed E-state index contributed by atoms with van der Waals surface area (Å²) in [6.07, 6.45) is 0. The number of urea groups is 1. The van der Waals surface area contributed by atoms with Crippen molar-refractivity contribution in [2.75, 3.05) is 12.4 Å². The van der Waals surface area contributed by atoms with Crippen LogP contribution in [0.4, 0.5) is 10.5 Å². The minimum Gasteiger partial charge on any atom is -0.495 e. The molecule has 1 unspecified atom stereocenters. The molecule has 0 aromatic heterocycles. The number of carbonyl (C=O) groups excluding carboxylic acids is 2. The largest absolute Gasteiger partial charge is 0.495 e. The number of ether oxygens (including phenoxy) is 1. The Kier molecular flexibility index (Phi) is 4.51. The van der Waals surface area contributed by atoms with E-state index in [1.165, 1.54) is 14.0 Å². The van der Waals surface area contributed by atoms with Crippen LogP contribution in [0.2, 0.25) is 0 Å². The lowest BCUT2D eigenvalue weighted by molar-refractivity contribution is -0.118. The molecule has 0 aliphatic heterocycles. The first-order chi connectivity index (χ1) is 8.04. The van der Waals surface area contributed by atoms with Crippen molar-refractivity contribution >= 4 is 17.5 Å². The molecule has 92 valence electrons. The Balaban J connectivity index is 2.65. The third-order valence-corrected chi connectivity index (χ3v) is 2.31. The van der Waals surface area contributed by atoms with Crippen LogP contribution < -0.4 is 15.4 Å². The number of methoxy groups -OCH3 is 1. The molecule has 1 rings (SSSR count). The molecule has 1 aromatic carbocycles. The van der Waals surface area contributed by atoms with Gasteiger partial charge in [0.2, 0.25) is 0 Å². The molecular formula is C12H16N2O3. The van der Waals surface area contributed by atoms with Crippen molar-refractivity contribution in [2.45, 2.75) is 19.9 Å². The second kappa shape index (κ2) is 5.89. The first kappa shape index (κ1) is 13.0. The van der Waals surface area contributed by atoms with Gasteiger partial charge in [-0.1, -0.05) is 12.1 Å². The number of nitrogens with one attached hydrogen (secondary N) is 2. The van der Waals surface area contributed by atoms with Gasteiger partial charge in [-0.3, -0.25) is 4.79 Å². The summed E-state index contributed by atoms with van der Waals surface area (Å²) in [4.78, 5) is 22.6. The average Bonchev–Trinajstić information content (AvgIpc) is 2.29. The first-order valence-corrected chi connectivity index (χ1v) is 5.25. The molecule has 0 heterocycles. The topological polar surface area (TPSA) is 67.4 Å². The van der Waals surface area contributed by atoms with E-state index in [2.05, 4.69) is 10.6 Å².